The van der Waals surface area contributed by atoms with Crippen molar-refractivity contribution < 1.29 is 26.3 Å². The summed E-state index contributed by atoms with van der Waals surface area (Å²) in [6, 6.07) is 7.32. The van der Waals surface area contributed by atoms with Crippen LogP contribution in [0.15, 0.2) is 59.9 Å². The predicted octanol–water partition coefficient (Wildman–Crippen LogP) is 2.04. The van der Waals surface area contributed by atoms with Crippen molar-refractivity contribution in [2.75, 3.05) is 0 Å². The molecule has 0 spiro atoms. The van der Waals surface area contributed by atoms with Crippen molar-refractivity contribution in [3.63, 3.8) is 0 Å². The molecule has 0 aliphatic heterocycles. The van der Waals surface area contributed by atoms with Gasteiger partial charge in [-0.25, -0.2) is 17.8 Å². The molecule has 3 aromatic rings. The summed E-state index contributed by atoms with van der Waals surface area (Å²) in [5, 5.41) is 7.73. The van der Waals surface area contributed by atoms with Gasteiger partial charge in [0.25, 0.3) is 0 Å². The Balaban J connectivity index is 1.66. The molecule has 0 aliphatic carbocycles. The van der Waals surface area contributed by atoms with E-state index in [1.165, 1.54) is 10.9 Å². The molecule has 1 aromatic carbocycles. The zero-order valence-electron chi connectivity index (χ0n) is 13.5. The van der Waals surface area contributed by atoms with E-state index in [0.717, 1.165) is 24.3 Å². The van der Waals surface area contributed by atoms with Crippen molar-refractivity contribution in [2.45, 2.75) is 17.8 Å². The van der Waals surface area contributed by atoms with Crippen LogP contribution in [-0.2, 0) is 16.6 Å². The van der Waals surface area contributed by atoms with E-state index in [-0.39, 0.29) is 11.4 Å². The Morgan fingerprint density at radius 1 is 1.15 bits per heavy atom. The quantitative estimate of drug-likeness (QED) is 0.681. The molecular formula is C15H12F3N5O3S. The van der Waals surface area contributed by atoms with Crippen LogP contribution in [0.1, 0.15) is 5.69 Å². The Morgan fingerprint density at radius 3 is 2.52 bits per heavy atom. The summed E-state index contributed by atoms with van der Waals surface area (Å²) in [6.07, 6.45) is -0.160. The van der Waals surface area contributed by atoms with Crippen LogP contribution in [-0.4, -0.2) is 34.8 Å². The number of rotatable bonds is 6. The van der Waals surface area contributed by atoms with Gasteiger partial charge in [-0.05, 0) is 36.4 Å². The highest BCUT2D eigenvalue weighted by atomic mass is 32.2. The van der Waals surface area contributed by atoms with E-state index < -0.39 is 22.1 Å². The monoisotopic (exact) mass is 399 g/mol. The zero-order valence-corrected chi connectivity index (χ0v) is 14.3. The average Bonchev–Trinajstić information content (AvgIpc) is 3.09. The van der Waals surface area contributed by atoms with Gasteiger partial charge in [-0.15, -0.1) is 18.3 Å². The van der Waals surface area contributed by atoms with Crippen molar-refractivity contribution in [3.05, 3.63) is 60.7 Å². The van der Waals surface area contributed by atoms with Crippen molar-refractivity contribution in [1.82, 2.24) is 24.7 Å². The van der Waals surface area contributed by atoms with Gasteiger partial charge >= 0.3 is 6.36 Å². The van der Waals surface area contributed by atoms with Crippen LogP contribution < -0.4 is 9.46 Å². The second-order valence-corrected chi connectivity index (χ2v) is 6.98. The molecule has 0 aliphatic rings. The van der Waals surface area contributed by atoms with Crippen LogP contribution in [0, 0.1) is 0 Å². The molecule has 2 aromatic heterocycles. The first kappa shape index (κ1) is 18.8. The summed E-state index contributed by atoms with van der Waals surface area (Å²) < 4.78 is 68.3. The lowest BCUT2D eigenvalue weighted by Crippen LogP contribution is -2.23. The van der Waals surface area contributed by atoms with Crippen molar-refractivity contribution in [3.8, 4) is 11.4 Å². The lowest BCUT2D eigenvalue weighted by Gasteiger charge is -2.09. The molecule has 0 saturated heterocycles. The van der Waals surface area contributed by atoms with E-state index in [9.17, 15) is 21.6 Å². The van der Waals surface area contributed by atoms with Gasteiger partial charge in [-0.1, -0.05) is 5.21 Å². The van der Waals surface area contributed by atoms with E-state index in [1.54, 1.807) is 24.5 Å². The molecule has 142 valence electrons. The number of nitrogens with one attached hydrogen (secondary N) is 1. The molecule has 3 rings (SSSR count). The predicted molar refractivity (Wildman–Crippen MR) is 86.3 cm³/mol. The number of hydrogen-bond acceptors (Lipinski definition) is 6. The van der Waals surface area contributed by atoms with E-state index in [0.29, 0.717) is 11.4 Å². The van der Waals surface area contributed by atoms with E-state index in [2.05, 4.69) is 24.8 Å². The normalized spacial score (nSPS) is 12.1. The van der Waals surface area contributed by atoms with E-state index in [1.807, 2.05) is 0 Å². The summed E-state index contributed by atoms with van der Waals surface area (Å²) in [5.74, 6) is -0.513. The van der Waals surface area contributed by atoms with Gasteiger partial charge < -0.3 is 4.74 Å². The van der Waals surface area contributed by atoms with Crippen molar-refractivity contribution in [1.29, 1.82) is 0 Å². The van der Waals surface area contributed by atoms with Crippen molar-refractivity contribution >= 4 is 10.0 Å². The Bertz CT molecular complexity index is 1010. The van der Waals surface area contributed by atoms with Gasteiger partial charge in [-0.2, -0.15) is 0 Å². The molecule has 2 heterocycles. The van der Waals surface area contributed by atoms with Crippen LogP contribution in [0.5, 0.6) is 5.75 Å². The van der Waals surface area contributed by atoms with Gasteiger partial charge in [0.2, 0.25) is 10.0 Å². The maximum absolute atomic E-state index is 12.2. The highest BCUT2D eigenvalue weighted by Gasteiger charge is 2.31. The fourth-order valence-corrected chi connectivity index (χ4v) is 3.07. The first-order valence-corrected chi connectivity index (χ1v) is 8.88. The average molecular weight is 399 g/mol. The number of alkyl halides is 3. The summed E-state index contributed by atoms with van der Waals surface area (Å²) in [6.45, 7) is -0.149. The smallest absolute Gasteiger partial charge is 0.406 e. The molecule has 0 radical (unpaired) electrons. The maximum Gasteiger partial charge on any atom is 0.573 e. The third-order valence-electron chi connectivity index (χ3n) is 3.26. The first-order chi connectivity index (χ1) is 12.7. The summed E-state index contributed by atoms with van der Waals surface area (Å²) in [4.78, 5) is 3.73. The Kier molecular flexibility index (Phi) is 5.10. The topological polar surface area (TPSA) is 99.0 Å². The van der Waals surface area contributed by atoms with E-state index in [4.69, 9.17) is 0 Å². The highest BCUT2D eigenvalue weighted by molar-refractivity contribution is 7.89. The summed E-state index contributed by atoms with van der Waals surface area (Å²) in [7, 11) is -3.95. The number of benzene rings is 1. The summed E-state index contributed by atoms with van der Waals surface area (Å²) >= 11 is 0. The molecule has 1 N–H and O–H groups in total. The highest BCUT2D eigenvalue weighted by Crippen LogP contribution is 2.23. The number of ether oxygens (including phenoxy) is 1. The molecule has 12 heteroatoms. The first-order valence-electron chi connectivity index (χ1n) is 7.40. The fourth-order valence-electron chi connectivity index (χ4n) is 2.07. The Labute approximate surface area is 151 Å². The van der Waals surface area contributed by atoms with Gasteiger partial charge in [0.1, 0.15) is 5.75 Å². The van der Waals surface area contributed by atoms with Gasteiger partial charge in [0, 0.05) is 6.20 Å². The van der Waals surface area contributed by atoms with E-state index >= 15 is 0 Å². The third-order valence-corrected chi connectivity index (χ3v) is 4.68. The zero-order chi connectivity index (χ0) is 19.5. The maximum atomic E-state index is 12.2. The second kappa shape index (κ2) is 7.32. The molecule has 0 unspecified atom stereocenters. The Hall–Kier alpha value is -2.99. The third kappa shape index (κ3) is 5.01. The molecule has 0 amide bonds. The Morgan fingerprint density at radius 2 is 1.89 bits per heavy atom. The van der Waals surface area contributed by atoms with Gasteiger partial charge in [-0.3, -0.25) is 4.98 Å². The van der Waals surface area contributed by atoms with Crippen LogP contribution >= 0.6 is 0 Å². The van der Waals surface area contributed by atoms with Crippen LogP contribution in [0.4, 0.5) is 13.2 Å². The lowest BCUT2D eigenvalue weighted by molar-refractivity contribution is -0.274. The largest absolute Gasteiger partial charge is 0.573 e. The summed E-state index contributed by atoms with van der Waals surface area (Å²) in [5.41, 5.74) is 0.999. The van der Waals surface area contributed by atoms with Crippen LogP contribution in [0.2, 0.25) is 0 Å². The van der Waals surface area contributed by atoms with Gasteiger partial charge in [0.05, 0.1) is 35.2 Å². The number of nitrogens with zero attached hydrogens (tertiary/aromatic N) is 4. The minimum atomic E-state index is -4.85. The molecule has 27 heavy (non-hydrogen) atoms. The standard InChI is InChI=1S/C15H12F3N5O3S/c16-15(17,18)26-13-3-5-14(6-4-13)27(24,25)20-8-11-10-23(22-21-11)12-2-1-7-19-9-12/h1-7,9-10,20H,8H2. The second-order valence-electron chi connectivity index (χ2n) is 5.21. The molecule has 0 fully saturated rings. The number of sulfonamides is 1. The SMILES string of the molecule is O=S(=O)(NCc1cn(-c2cccnc2)nn1)c1ccc(OC(F)(F)F)cc1. The molecular weight excluding hydrogens is 387 g/mol. The lowest BCUT2D eigenvalue weighted by atomic mass is 10.3. The fraction of sp³-hybridized carbons (Fsp3) is 0.133. The number of pyridine rings is 1. The van der Waals surface area contributed by atoms with Gasteiger partial charge in [0.15, 0.2) is 0 Å². The number of aromatic nitrogens is 4. The number of hydrogen-bond donors (Lipinski definition) is 1. The van der Waals surface area contributed by atoms with Crippen molar-refractivity contribution in [2.24, 2.45) is 0 Å². The molecule has 0 atom stereocenters. The minimum absolute atomic E-state index is 0.149. The molecule has 8 nitrogen and oxygen atoms in total. The van der Waals surface area contributed by atoms with Crippen LogP contribution in [0.25, 0.3) is 5.69 Å². The molecule has 0 saturated carbocycles. The minimum Gasteiger partial charge on any atom is -0.406 e. The van der Waals surface area contributed by atoms with Crippen LogP contribution in [0.3, 0.4) is 0 Å². The number of halogens is 3. The molecule has 0 bridgehead atoms.